The van der Waals surface area contributed by atoms with E-state index in [1.807, 2.05) is 47.2 Å². The summed E-state index contributed by atoms with van der Waals surface area (Å²) >= 11 is 1.64. The normalized spacial score (nSPS) is 20.5. The number of ether oxygens (including phenoxy) is 3. The van der Waals surface area contributed by atoms with E-state index < -0.39 is 11.9 Å². The average Bonchev–Trinajstić information content (AvgIpc) is 3.44. The largest absolute Gasteiger partial charge is 0.497 e. The molecule has 0 aliphatic carbocycles. The number of thioether (sulfide) groups is 1. The summed E-state index contributed by atoms with van der Waals surface area (Å²) in [5.74, 6) is 0.563. The maximum atomic E-state index is 10.7. The van der Waals surface area contributed by atoms with Crippen molar-refractivity contribution in [3.05, 3.63) is 72.8 Å². The van der Waals surface area contributed by atoms with Gasteiger partial charge in [-0.25, -0.2) is 9.78 Å². The summed E-state index contributed by atoms with van der Waals surface area (Å²) < 4.78 is 19.9. The second-order valence-electron chi connectivity index (χ2n) is 7.03. The molecule has 1 amide bonds. The minimum absolute atomic E-state index is 0.104. The van der Waals surface area contributed by atoms with Crippen LogP contribution in [0.2, 0.25) is 0 Å². The van der Waals surface area contributed by atoms with Crippen molar-refractivity contribution in [2.45, 2.75) is 23.3 Å². The van der Waals surface area contributed by atoms with Crippen LogP contribution in [0.1, 0.15) is 5.56 Å². The molecule has 1 fully saturated rings. The fraction of sp³-hybridized carbons (Fsp3) is 0.273. The molecule has 9 heteroatoms. The predicted octanol–water partition coefficient (Wildman–Crippen LogP) is 4.04. The summed E-state index contributed by atoms with van der Waals surface area (Å²) in [6, 6.07) is 15.0. The van der Waals surface area contributed by atoms with E-state index in [-0.39, 0.29) is 6.10 Å². The van der Waals surface area contributed by atoms with Crippen LogP contribution in [0.5, 0.6) is 5.75 Å². The molecule has 2 N–H and O–H groups in total. The van der Waals surface area contributed by atoms with E-state index in [4.69, 9.17) is 19.3 Å². The first-order valence-corrected chi connectivity index (χ1v) is 10.7. The number of hydrogen-bond acceptors (Lipinski definition) is 6. The fourth-order valence-corrected chi connectivity index (χ4v) is 4.26. The van der Waals surface area contributed by atoms with Gasteiger partial charge in [-0.05, 0) is 48.5 Å². The van der Waals surface area contributed by atoms with Gasteiger partial charge in [-0.3, -0.25) is 5.32 Å². The summed E-state index contributed by atoms with van der Waals surface area (Å²) in [5.41, 5.74) is 1.45. The topological polar surface area (TPSA) is 94.8 Å². The van der Waals surface area contributed by atoms with Gasteiger partial charge >= 0.3 is 6.09 Å². The SMILES string of the molecule is COc1ccc([C@@]2(Cn3ccnc3)OC[C@H](CSc3ccc(NC(=O)O)cc3)O2)cc1. The van der Waals surface area contributed by atoms with Crippen LogP contribution in [0, 0.1) is 0 Å². The molecule has 162 valence electrons. The minimum atomic E-state index is -1.08. The lowest BCUT2D eigenvalue weighted by Crippen LogP contribution is -2.33. The summed E-state index contributed by atoms with van der Waals surface area (Å²) in [4.78, 5) is 15.9. The van der Waals surface area contributed by atoms with Gasteiger partial charge in [0, 0.05) is 34.3 Å². The zero-order valence-corrected chi connectivity index (χ0v) is 17.7. The van der Waals surface area contributed by atoms with Crippen LogP contribution in [0.4, 0.5) is 10.5 Å². The highest BCUT2D eigenvalue weighted by atomic mass is 32.2. The van der Waals surface area contributed by atoms with Crippen molar-refractivity contribution >= 4 is 23.5 Å². The summed E-state index contributed by atoms with van der Waals surface area (Å²) in [6.45, 7) is 0.947. The second-order valence-corrected chi connectivity index (χ2v) is 8.13. The monoisotopic (exact) mass is 441 g/mol. The number of carbonyl (C=O) groups is 1. The van der Waals surface area contributed by atoms with Crippen LogP contribution in [-0.2, 0) is 21.8 Å². The highest BCUT2D eigenvalue weighted by Gasteiger charge is 2.43. The Labute approximate surface area is 184 Å². The Hall–Kier alpha value is -3.01. The van der Waals surface area contributed by atoms with Gasteiger partial charge in [-0.15, -0.1) is 11.8 Å². The Morgan fingerprint density at radius 1 is 1.29 bits per heavy atom. The van der Waals surface area contributed by atoms with Crippen molar-refractivity contribution in [1.82, 2.24) is 9.55 Å². The van der Waals surface area contributed by atoms with Crippen molar-refractivity contribution < 1.29 is 24.1 Å². The predicted molar refractivity (Wildman–Crippen MR) is 117 cm³/mol. The first-order chi connectivity index (χ1) is 15.1. The molecule has 3 aromatic rings. The standard InChI is InChI=1S/C22H23N3O5S/c1-28-18-6-2-16(3-7-18)22(14-25-11-10-23-15-25)29-12-19(30-22)13-31-20-8-4-17(5-9-20)24-21(26)27/h2-11,15,19,24H,12-14H2,1H3,(H,26,27)/t19-,22+/m1/s1. The molecule has 2 heterocycles. The molecular formula is C22H23N3O5S. The number of hydrogen-bond donors (Lipinski definition) is 2. The lowest BCUT2D eigenvalue weighted by Gasteiger charge is -2.29. The molecule has 0 saturated carbocycles. The van der Waals surface area contributed by atoms with Crippen LogP contribution < -0.4 is 10.1 Å². The van der Waals surface area contributed by atoms with Crippen LogP contribution in [0.25, 0.3) is 0 Å². The average molecular weight is 442 g/mol. The lowest BCUT2D eigenvalue weighted by atomic mass is 10.1. The molecule has 0 spiro atoms. The summed E-state index contributed by atoms with van der Waals surface area (Å²) in [5, 5.41) is 11.1. The van der Waals surface area contributed by atoms with Gasteiger partial charge in [-0.2, -0.15) is 0 Å². The highest BCUT2D eigenvalue weighted by Crippen LogP contribution is 2.38. The maximum Gasteiger partial charge on any atom is 0.409 e. The van der Waals surface area contributed by atoms with Crippen LogP contribution in [-0.4, -0.2) is 46.3 Å². The molecule has 0 unspecified atom stereocenters. The fourth-order valence-electron chi connectivity index (χ4n) is 3.39. The van der Waals surface area contributed by atoms with Gasteiger partial charge in [0.2, 0.25) is 5.79 Å². The Morgan fingerprint density at radius 3 is 2.71 bits per heavy atom. The van der Waals surface area contributed by atoms with E-state index >= 15 is 0 Å². The molecular weight excluding hydrogens is 418 g/mol. The Balaban J connectivity index is 1.44. The number of nitrogens with zero attached hydrogens (tertiary/aromatic N) is 2. The molecule has 4 rings (SSSR count). The first-order valence-electron chi connectivity index (χ1n) is 9.71. The number of methoxy groups -OCH3 is 1. The zero-order chi connectivity index (χ0) is 21.7. The van der Waals surface area contributed by atoms with Crippen molar-refractivity contribution in [3.8, 4) is 5.75 Å². The quantitative estimate of drug-likeness (QED) is 0.510. The molecule has 1 aliphatic rings. The van der Waals surface area contributed by atoms with E-state index in [2.05, 4.69) is 10.3 Å². The molecule has 1 saturated heterocycles. The van der Waals surface area contributed by atoms with Crippen molar-refractivity contribution in [1.29, 1.82) is 0 Å². The first kappa shape index (κ1) is 21.2. The smallest absolute Gasteiger partial charge is 0.409 e. The van der Waals surface area contributed by atoms with E-state index in [0.29, 0.717) is 24.6 Å². The van der Waals surface area contributed by atoms with Crippen LogP contribution in [0.3, 0.4) is 0 Å². The third kappa shape index (κ3) is 5.19. The van der Waals surface area contributed by atoms with Gasteiger partial charge < -0.3 is 23.9 Å². The van der Waals surface area contributed by atoms with E-state index in [1.54, 1.807) is 43.5 Å². The number of carboxylic acid groups (broad SMARTS) is 1. The van der Waals surface area contributed by atoms with Gasteiger partial charge in [0.15, 0.2) is 0 Å². The summed E-state index contributed by atoms with van der Waals surface area (Å²) in [6.07, 6.45) is 4.17. The van der Waals surface area contributed by atoms with Crippen molar-refractivity contribution in [2.75, 3.05) is 24.8 Å². The molecule has 8 nitrogen and oxygen atoms in total. The van der Waals surface area contributed by atoms with Gasteiger partial charge in [0.25, 0.3) is 0 Å². The zero-order valence-electron chi connectivity index (χ0n) is 16.9. The van der Waals surface area contributed by atoms with Crippen LogP contribution >= 0.6 is 11.8 Å². The number of aromatic nitrogens is 2. The lowest BCUT2D eigenvalue weighted by molar-refractivity contribution is -0.184. The van der Waals surface area contributed by atoms with Gasteiger partial charge in [-0.1, -0.05) is 0 Å². The molecule has 1 aromatic heterocycles. The molecule has 2 atom stereocenters. The molecule has 0 radical (unpaired) electrons. The molecule has 31 heavy (non-hydrogen) atoms. The second kappa shape index (κ2) is 9.42. The maximum absolute atomic E-state index is 10.7. The highest BCUT2D eigenvalue weighted by molar-refractivity contribution is 7.99. The van der Waals surface area contributed by atoms with Crippen LogP contribution in [0.15, 0.2) is 72.1 Å². The number of rotatable bonds is 8. The minimum Gasteiger partial charge on any atom is -0.497 e. The number of amides is 1. The molecule has 1 aliphatic heterocycles. The number of imidazole rings is 1. The molecule has 2 aromatic carbocycles. The number of benzene rings is 2. The Kier molecular flexibility index (Phi) is 6.45. The third-order valence-electron chi connectivity index (χ3n) is 4.88. The van der Waals surface area contributed by atoms with Crippen molar-refractivity contribution in [2.24, 2.45) is 0 Å². The Bertz CT molecular complexity index is 995. The van der Waals surface area contributed by atoms with E-state index in [0.717, 1.165) is 16.2 Å². The molecule has 0 bridgehead atoms. The van der Waals surface area contributed by atoms with E-state index in [9.17, 15) is 4.79 Å². The van der Waals surface area contributed by atoms with Crippen molar-refractivity contribution in [3.63, 3.8) is 0 Å². The van der Waals surface area contributed by atoms with Gasteiger partial charge in [0.05, 0.1) is 32.7 Å². The Morgan fingerprint density at radius 2 is 2.06 bits per heavy atom. The summed E-state index contributed by atoms with van der Waals surface area (Å²) in [7, 11) is 1.64. The number of nitrogens with one attached hydrogen (secondary N) is 1. The third-order valence-corrected chi connectivity index (χ3v) is 6.02. The van der Waals surface area contributed by atoms with E-state index in [1.165, 1.54) is 0 Å². The van der Waals surface area contributed by atoms with Gasteiger partial charge in [0.1, 0.15) is 5.75 Å². The number of anilines is 1.